The average molecular weight is 1720 g/mol. The smallest absolute Gasteiger partial charge is 0.337 e. The van der Waals surface area contributed by atoms with E-state index in [1.54, 1.807) is 84.5 Å². The van der Waals surface area contributed by atoms with Gasteiger partial charge in [-0.1, -0.05) is 127 Å². The van der Waals surface area contributed by atoms with Crippen molar-refractivity contribution in [2.75, 3.05) is 48.0 Å². The van der Waals surface area contributed by atoms with Crippen LogP contribution in [0.3, 0.4) is 0 Å². The Morgan fingerprint density at radius 2 is 0.906 bits per heavy atom. The van der Waals surface area contributed by atoms with Crippen molar-refractivity contribution >= 4 is 80.8 Å². The molecular formula is C106H99FN6O15. The maximum absolute atomic E-state index is 13.5. The molecule has 3 N–H and O–H groups in total. The number of anilines is 1. The van der Waals surface area contributed by atoms with E-state index in [0.29, 0.717) is 49.7 Å². The van der Waals surface area contributed by atoms with Crippen molar-refractivity contribution in [1.29, 1.82) is 0 Å². The zero-order chi connectivity index (χ0) is 90.1. The number of nitrogens with zero attached hydrogens (tertiary/aromatic N) is 4. The van der Waals surface area contributed by atoms with Crippen molar-refractivity contribution in [3.8, 4) is 54.6 Å². The van der Waals surface area contributed by atoms with E-state index < -0.39 is 84.1 Å². The van der Waals surface area contributed by atoms with Gasteiger partial charge in [-0.2, -0.15) is 0 Å². The van der Waals surface area contributed by atoms with Crippen LogP contribution in [0.5, 0.6) is 5.75 Å². The van der Waals surface area contributed by atoms with E-state index in [2.05, 4.69) is 94.5 Å². The van der Waals surface area contributed by atoms with Gasteiger partial charge < -0.3 is 63.4 Å². The quantitative estimate of drug-likeness (QED) is 0.0420. The Morgan fingerprint density at radius 1 is 0.492 bits per heavy atom. The van der Waals surface area contributed by atoms with Crippen molar-refractivity contribution < 1.29 is 76.3 Å². The SMILES string of the molecule is C#CC(=O)N1C(c2ccc(F)cc2)c2[nH]c3ccc(OC)cc3c2C[C@@H]1C.C#CC(=O)N1[C@@H](C(=O)OC)CC2=C(Cc3ccccc32)[C@@H]1c1ccc(C(=O)OC)cc1.C#CC(=O)N1[C@@H](c2ccc(NC34CC5CC(CC(C5)C3)C4)cc2)C2=C(C[C@@H]1C(O)OC)c1ccccc1C2.CC#CC(=O)N1[C@@H](C(=O)OC)CC2=C(Cc3ccccc32)[C@@H]1c1ccc(C(=O)OC)cc1. The number of carbonyl (C=O) groups is 8. The monoisotopic (exact) mass is 1710 g/mol. The standard InChI is InChI=1S/C33H36N2O3.C26H23NO5.C25H21NO5.C22H19FN2O2/c1-3-30(36)35-29(32(37)38-2)16-27-26-7-5-4-6-24(26)15-28(27)31(35)23-8-10-25(11-9-23)34-33-17-20-12-21(18-33)14-22(13-20)19-33;1-4-7-23(28)27-22(26(30)32-3)15-20-19-9-6-5-8-18(19)14-21(20)24(27)16-10-12-17(13-11-16)25(29)31-2;1-4-22(27)26-21(25(29)31-3)14-19-18-8-6-5-7-17(18)13-20(19)23(26)15-9-11-16(12-10-15)24(28)30-2;1-4-20(26)25-13(2)11-18-17-12-16(27-3)9-10-19(17)24-21(18)22(25)14-5-7-15(23)8-6-14/h1,4-11,20-22,29,31-32,34,37H,12-19H2,2H3;5-6,8-13,22,24H,14-15H2,1-3H3;1,5-12,21,23H,13-14H2,2-3H3;1,5-10,12-13,22,24H,11H2,2-3H3/t20?,21?,22?,29-,31+,32?,33?;22-,24+;21-,23+;13-,22?/m1110/s1. The second-order valence-electron chi connectivity index (χ2n) is 34.4. The fourth-order valence-electron chi connectivity index (χ4n) is 22.2. The Balaban J connectivity index is 0.000000126. The highest BCUT2D eigenvalue weighted by atomic mass is 19.1. The van der Waals surface area contributed by atoms with Crippen LogP contribution in [0.1, 0.15) is 183 Å². The summed E-state index contributed by atoms with van der Waals surface area (Å²) in [5.41, 5.74) is 22.1. The van der Waals surface area contributed by atoms with Crippen molar-refractivity contribution in [2.45, 2.75) is 157 Å². The molecule has 7 aliphatic carbocycles. The van der Waals surface area contributed by atoms with E-state index in [-0.39, 0.29) is 29.3 Å². The molecule has 4 saturated carbocycles. The summed E-state index contributed by atoms with van der Waals surface area (Å²) in [7, 11) is 8.37. The molecule has 5 heterocycles. The summed E-state index contributed by atoms with van der Waals surface area (Å²) in [5.74, 6) is 11.4. The van der Waals surface area contributed by atoms with E-state index in [0.717, 1.165) is 125 Å². The number of halogens is 1. The second kappa shape index (κ2) is 36.9. The van der Waals surface area contributed by atoms with Crippen molar-refractivity contribution in [2.24, 2.45) is 17.8 Å². The van der Waals surface area contributed by atoms with Gasteiger partial charge in [-0.05, 0) is 287 Å². The van der Waals surface area contributed by atoms with Gasteiger partial charge in [0.15, 0.2) is 6.29 Å². The highest BCUT2D eigenvalue weighted by Gasteiger charge is 2.53. The van der Waals surface area contributed by atoms with Gasteiger partial charge in [0.25, 0.3) is 23.6 Å². The first kappa shape index (κ1) is 87.4. The summed E-state index contributed by atoms with van der Waals surface area (Å²) in [6, 6.07) is 54.8. The highest BCUT2D eigenvalue weighted by Crippen LogP contribution is 2.58. The van der Waals surface area contributed by atoms with Crippen LogP contribution in [-0.2, 0) is 78.1 Å². The number of aliphatic hydroxyl groups excluding tert-OH is 1. The lowest BCUT2D eigenvalue weighted by Crippen LogP contribution is -2.54. The normalized spacial score (nSPS) is 23.3. The van der Waals surface area contributed by atoms with Crippen LogP contribution in [0, 0.1) is 72.4 Å². The molecule has 4 aliphatic heterocycles. The van der Waals surface area contributed by atoms with Gasteiger partial charge in [0.2, 0.25) is 0 Å². The third-order valence-electron chi connectivity index (χ3n) is 27.3. The number of nitrogens with one attached hydrogen (secondary N) is 2. The number of H-pyrrole nitrogens is 1. The third kappa shape index (κ3) is 16.5. The Bertz CT molecular complexity index is 6190. The molecule has 0 spiro atoms. The summed E-state index contributed by atoms with van der Waals surface area (Å²) in [6.45, 7) is 3.57. The van der Waals surface area contributed by atoms with E-state index in [1.165, 1.54) is 118 Å². The molecule has 1 aromatic heterocycles. The molecule has 128 heavy (non-hydrogen) atoms. The van der Waals surface area contributed by atoms with Crippen LogP contribution < -0.4 is 10.1 Å². The van der Waals surface area contributed by atoms with Gasteiger partial charge in [-0.25, -0.2) is 23.6 Å². The maximum atomic E-state index is 13.5. The van der Waals surface area contributed by atoms with Crippen LogP contribution in [-0.4, -0.2) is 156 Å². The Morgan fingerprint density at radius 3 is 1.34 bits per heavy atom. The summed E-state index contributed by atoms with van der Waals surface area (Å²) >= 11 is 0. The minimum atomic E-state index is -1.13. The Hall–Kier alpha value is -14.0. The average Bonchev–Trinajstić information content (AvgIpc) is 1.70. The minimum Gasteiger partial charge on any atom is -0.497 e. The molecule has 0 radical (unpaired) electrons. The molecular weight excluding hydrogens is 1620 g/mol. The number of benzene rings is 8. The fourth-order valence-corrected chi connectivity index (χ4v) is 22.2. The fraction of sp³-hybridized carbons (Fsp3) is 0.321. The van der Waals surface area contributed by atoms with Gasteiger partial charge >= 0.3 is 23.9 Å². The number of aromatic amines is 1. The first-order chi connectivity index (χ1) is 62.0. The van der Waals surface area contributed by atoms with Gasteiger partial charge in [-0.3, -0.25) is 19.2 Å². The van der Waals surface area contributed by atoms with Crippen LogP contribution in [0.4, 0.5) is 10.1 Å². The Labute approximate surface area is 744 Å². The number of carbonyl (C=O) groups excluding carboxylic acids is 8. The third-order valence-corrected chi connectivity index (χ3v) is 27.3. The zero-order valence-electron chi connectivity index (χ0n) is 72.6. The minimum absolute atomic E-state index is 0.0960. The number of amides is 4. The van der Waals surface area contributed by atoms with Gasteiger partial charge in [0, 0.05) is 53.8 Å². The number of aliphatic hydroxyl groups is 1. The molecule has 650 valence electrons. The lowest BCUT2D eigenvalue weighted by Gasteiger charge is -2.57. The lowest BCUT2D eigenvalue weighted by atomic mass is 9.53. The van der Waals surface area contributed by atoms with Crippen LogP contribution in [0.25, 0.3) is 27.6 Å². The first-order valence-electron chi connectivity index (χ1n) is 43.1. The molecule has 11 aliphatic rings. The Kier molecular flexibility index (Phi) is 25.2. The van der Waals surface area contributed by atoms with Crippen LogP contribution in [0.2, 0.25) is 0 Å². The summed E-state index contributed by atoms with van der Waals surface area (Å²) in [4.78, 5) is 111. The molecule has 4 bridgehead atoms. The van der Waals surface area contributed by atoms with E-state index in [4.69, 9.17) is 47.7 Å². The molecule has 4 fully saturated rings. The van der Waals surface area contributed by atoms with Crippen molar-refractivity contribution in [3.63, 3.8) is 0 Å². The molecule has 2 unspecified atom stereocenters. The maximum Gasteiger partial charge on any atom is 0.337 e. The highest BCUT2D eigenvalue weighted by molar-refractivity contribution is 6.01. The number of methoxy groups -OCH3 is 6. The molecule has 9 atom stereocenters. The number of terminal acetylenes is 3. The summed E-state index contributed by atoms with van der Waals surface area (Å²) in [6.07, 6.45) is 27.6. The lowest BCUT2D eigenvalue weighted by molar-refractivity contribution is -0.153. The van der Waals surface area contributed by atoms with Crippen molar-refractivity contribution in [3.05, 3.63) is 289 Å². The zero-order valence-corrected chi connectivity index (χ0v) is 72.6. The first-order valence-corrected chi connectivity index (χ1v) is 43.1. The van der Waals surface area contributed by atoms with E-state index in [9.17, 15) is 47.9 Å². The summed E-state index contributed by atoms with van der Waals surface area (Å²) in [5, 5.41) is 15.9. The molecule has 22 heteroatoms. The van der Waals surface area contributed by atoms with Crippen LogP contribution >= 0.6 is 0 Å². The number of aromatic nitrogens is 1. The number of hydrogen-bond acceptors (Lipinski definition) is 16. The molecule has 9 aromatic rings. The molecule has 8 aromatic carbocycles. The number of esters is 4. The largest absolute Gasteiger partial charge is 0.497 e. The van der Waals surface area contributed by atoms with Gasteiger partial charge in [0.05, 0.1) is 76.9 Å². The molecule has 20 rings (SSSR count). The molecule has 21 nitrogen and oxygen atoms in total. The molecule has 0 saturated heterocycles. The topological polar surface area (TPSA) is 253 Å². The van der Waals surface area contributed by atoms with Crippen molar-refractivity contribution in [1.82, 2.24) is 24.6 Å². The summed E-state index contributed by atoms with van der Waals surface area (Å²) < 4.78 is 43.8. The number of rotatable bonds is 13. The second-order valence-corrected chi connectivity index (χ2v) is 34.4. The van der Waals surface area contributed by atoms with Gasteiger partial charge in [0.1, 0.15) is 23.7 Å². The number of fused-ring (bicyclic) bond motifs is 9. The molecule has 4 amide bonds. The number of hydrogen-bond donors (Lipinski definition) is 3. The van der Waals surface area contributed by atoms with Gasteiger partial charge in [-0.15, -0.1) is 19.3 Å². The van der Waals surface area contributed by atoms with E-state index >= 15 is 0 Å². The number of ether oxygens (including phenoxy) is 6. The van der Waals surface area contributed by atoms with E-state index in [1.807, 2.05) is 67.6 Å². The van der Waals surface area contributed by atoms with Crippen LogP contribution in [0.15, 0.2) is 205 Å². The predicted molar refractivity (Wildman–Crippen MR) is 482 cm³/mol. The predicted octanol–water partition coefficient (Wildman–Crippen LogP) is 15.4.